The first-order valence-electron chi connectivity index (χ1n) is 7.54. The van der Waals surface area contributed by atoms with Gasteiger partial charge in [0.2, 0.25) is 0 Å². The quantitative estimate of drug-likeness (QED) is 0.500. The van der Waals surface area contributed by atoms with Crippen LogP contribution in [0.2, 0.25) is 0 Å². The summed E-state index contributed by atoms with van der Waals surface area (Å²) in [5, 5.41) is 3.98. The van der Waals surface area contributed by atoms with Crippen LogP contribution >= 0.6 is 11.5 Å². The minimum absolute atomic E-state index is 0.125. The van der Waals surface area contributed by atoms with Gasteiger partial charge in [-0.05, 0) is 24.1 Å². The third-order valence-electron chi connectivity index (χ3n) is 3.52. The number of nitrogens with zero attached hydrogens (tertiary/aromatic N) is 2. The van der Waals surface area contributed by atoms with Crippen LogP contribution in [0.3, 0.4) is 0 Å². The predicted octanol–water partition coefficient (Wildman–Crippen LogP) is 3.38. The summed E-state index contributed by atoms with van der Waals surface area (Å²) in [6.45, 7) is 2.32. The zero-order valence-electron chi connectivity index (χ0n) is 13.8. The fourth-order valence-electron chi connectivity index (χ4n) is 2.33. The van der Waals surface area contributed by atoms with Gasteiger partial charge in [-0.3, -0.25) is 0 Å². The molecule has 0 unspecified atom stereocenters. The topological polar surface area (TPSA) is 73.9 Å². The summed E-state index contributed by atoms with van der Waals surface area (Å²) in [5.74, 6) is 0.933. The van der Waals surface area contributed by atoms with Crippen LogP contribution in [-0.4, -0.2) is 17.2 Å². The second kappa shape index (κ2) is 7.76. The lowest BCUT2D eigenvalue weighted by Crippen LogP contribution is -2.10. The summed E-state index contributed by atoms with van der Waals surface area (Å²) >= 11 is 0.731. The Hall–Kier alpha value is -2.93. The largest absolute Gasteiger partial charge is 0.489 e. The molecular formula is C18H16N2O4S. The van der Waals surface area contributed by atoms with Gasteiger partial charge < -0.3 is 14.0 Å². The number of hydrogen-bond acceptors (Lipinski definition) is 7. The molecule has 3 aromatic rings. The minimum Gasteiger partial charge on any atom is -0.489 e. The zero-order chi connectivity index (χ0) is 17.6. The number of hydrogen-bond donors (Lipinski definition) is 0. The van der Waals surface area contributed by atoms with E-state index >= 15 is 0 Å². The molecule has 0 bridgehead atoms. The smallest absolute Gasteiger partial charge is 0.414 e. The first kappa shape index (κ1) is 16.9. The lowest BCUT2D eigenvalue weighted by molar-refractivity contribution is 0.213. The van der Waals surface area contributed by atoms with E-state index in [9.17, 15) is 4.79 Å². The number of aryl methyl sites for hydroxylation is 1. The summed E-state index contributed by atoms with van der Waals surface area (Å²) in [7, 11) is 1.43. The van der Waals surface area contributed by atoms with Gasteiger partial charge in [0.05, 0.1) is 11.5 Å². The van der Waals surface area contributed by atoms with E-state index in [4.69, 9.17) is 14.0 Å². The molecule has 0 radical (unpaired) electrons. The minimum atomic E-state index is -0.493. The Balaban J connectivity index is 1.93. The highest BCUT2D eigenvalue weighted by Crippen LogP contribution is 2.20. The maximum absolute atomic E-state index is 11.3. The molecule has 7 heteroatoms. The molecule has 25 heavy (non-hydrogen) atoms. The number of ether oxygens (including phenoxy) is 1. The molecular weight excluding hydrogens is 340 g/mol. The van der Waals surface area contributed by atoms with Crippen molar-refractivity contribution in [1.29, 1.82) is 0 Å². The average molecular weight is 356 g/mol. The lowest BCUT2D eigenvalue weighted by atomic mass is 10.0. The highest BCUT2D eigenvalue weighted by Gasteiger charge is 2.18. The van der Waals surface area contributed by atoms with Gasteiger partial charge in [-0.25, -0.2) is 4.79 Å². The Labute approximate surface area is 148 Å². The number of oxime groups is 1. The summed E-state index contributed by atoms with van der Waals surface area (Å²) < 4.78 is 15.0. The van der Waals surface area contributed by atoms with Crippen LogP contribution in [0.4, 0.5) is 0 Å². The van der Waals surface area contributed by atoms with Crippen molar-refractivity contribution in [2.24, 2.45) is 5.16 Å². The highest BCUT2D eigenvalue weighted by molar-refractivity contribution is 7.02. The van der Waals surface area contributed by atoms with Gasteiger partial charge in [-0.1, -0.05) is 47.6 Å². The second-order valence-electron chi connectivity index (χ2n) is 5.17. The van der Waals surface area contributed by atoms with Crippen LogP contribution in [0.1, 0.15) is 22.6 Å². The average Bonchev–Trinajstić information content (AvgIpc) is 3.05. The summed E-state index contributed by atoms with van der Waals surface area (Å²) in [4.78, 5) is 15.7. The third kappa shape index (κ3) is 3.95. The molecule has 0 saturated heterocycles. The van der Waals surface area contributed by atoms with Gasteiger partial charge in [0.25, 0.3) is 5.89 Å². The molecule has 1 aromatic heterocycles. The van der Waals surface area contributed by atoms with Gasteiger partial charge in [-0.15, -0.1) is 4.37 Å². The van der Waals surface area contributed by atoms with Crippen molar-refractivity contribution >= 4 is 17.2 Å². The van der Waals surface area contributed by atoms with E-state index in [1.54, 1.807) is 0 Å². The molecule has 128 valence electrons. The van der Waals surface area contributed by atoms with Gasteiger partial charge in [0.15, 0.2) is 5.71 Å². The Bertz CT molecular complexity index is 946. The van der Waals surface area contributed by atoms with E-state index in [0.29, 0.717) is 12.3 Å². The van der Waals surface area contributed by atoms with Crippen LogP contribution in [-0.2, 0) is 11.4 Å². The fourth-order valence-corrected chi connectivity index (χ4v) is 2.73. The number of benzene rings is 2. The Morgan fingerprint density at radius 1 is 1.20 bits per heavy atom. The van der Waals surface area contributed by atoms with Gasteiger partial charge in [-0.2, -0.15) is 0 Å². The Morgan fingerprint density at radius 3 is 2.68 bits per heavy atom. The first-order valence-corrected chi connectivity index (χ1v) is 8.31. The van der Waals surface area contributed by atoms with Crippen LogP contribution in [0.5, 0.6) is 5.75 Å². The number of rotatable bonds is 6. The molecule has 0 N–H and O–H groups in total. The molecule has 2 aromatic carbocycles. The molecule has 0 amide bonds. The number of aromatic nitrogens is 1. The van der Waals surface area contributed by atoms with Gasteiger partial charge >= 0.3 is 4.94 Å². The summed E-state index contributed by atoms with van der Waals surface area (Å²) in [6, 6.07) is 15.3. The first-order chi connectivity index (χ1) is 12.2. The van der Waals surface area contributed by atoms with Gasteiger partial charge in [0.1, 0.15) is 19.5 Å². The summed E-state index contributed by atoms with van der Waals surface area (Å²) in [6.07, 6.45) is 0. The fraction of sp³-hybridized carbons (Fsp3) is 0.167. The van der Waals surface area contributed by atoms with E-state index in [0.717, 1.165) is 34.0 Å². The monoisotopic (exact) mass is 356 g/mol. The van der Waals surface area contributed by atoms with Crippen molar-refractivity contribution in [2.45, 2.75) is 13.5 Å². The Morgan fingerprint density at radius 2 is 1.96 bits per heavy atom. The second-order valence-corrected chi connectivity index (χ2v) is 5.87. The normalized spacial score (nSPS) is 11.4. The van der Waals surface area contributed by atoms with Crippen molar-refractivity contribution in [3.05, 3.63) is 80.8 Å². The molecule has 0 aliphatic rings. The van der Waals surface area contributed by atoms with E-state index in [1.807, 2.05) is 55.5 Å². The van der Waals surface area contributed by atoms with Gasteiger partial charge in [0, 0.05) is 5.56 Å². The molecule has 1 heterocycles. The van der Waals surface area contributed by atoms with Crippen LogP contribution in [0.15, 0.2) is 62.9 Å². The van der Waals surface area contributed by atoms with Crippen molar-refractivity contribution in [3.63, 3.8) is 0 Å². The Kier molecular flexibility index (Phi) is 5.25. The van der Waals surface area contributed by atoms with Crippen LogP contribution < -0.4 is 9.68 Å². The molecule has 0 aliphatic heterocycles. The zero-order valence-corrected chi connectivity index (χ0v) is 14.6. The lowest BCUT2D eigenvalue weighted by Gasteiger charge is -2.12. The SMILES string of the molecule is CO/N=C(/c1nsc(=O)o1)c1ccccc1COc1ccccc1C. The maximum Gasteiger partial charge on any atom is 0.414 e. The molecule has 6 nitrogen and oxygen atoms in total. The van der Waals surface area contributed by atoms with E-state index in [-0.39, 0.29) is 5.89 Å². The van der Waals surface area contributed by atoms with E-state index < -0.39 is 4.94 Å². The molecule has 0 atom stereocenters. The maximum atomic E-state index is 11.3. The standard InChI is InChI=1S/C18H16N2O4S/c1-12-7-3-6-10-15(12)23-11-13-8-4-5-9-14(13)16(19-22-2)17-20-25-18(21)24-17/h3-10H,11H2,1-2H3/b19-16+. The van der Waals surface area contributed by atoms with Crippen molar-refractivity contribution in [3.8, 4) is 5.75 Å². The molecule has 0 saturated carbocycles. The van der Waals surface area contributed by atoms with Crippen molar-refractivity contribution in [1.82, 2.24) is 4.37 Å². The predicted molar refractivity (Wildman–Crippen MR) is 95.3 cm³/mol. The van der Waals surface area contributed by atoms with Crippen LogP contribution in [0.25, 0.3) is 0 Å². The van der Waals surface area contributed by atoms with E-state index in [1.165, 1.54) is 7.11 Å². The molecule has 0 aliphatic carbocycles. The molecule has 3 rings (SSSR count). The molecule has 0 fully saturated rings. The summed E-state index contributed by atoms with van der Waals surface area (Å²) in [5.41, 5.74) is 3.00. The van der Waals surface area contributed by atoms with Crippen molar-refractivity contribution < 1.29 is 14.0 Å². The highest BCUT2D eigenvalue weighted by atomic mass is 32.1. The number of para-hydroxylation sites is 1. The molecule has 0 spiro atoms. The van der Waals surface area contributed by atoms with Crippen LogP contribution in [0, 0.1) is 6.92 Å². The van der Waals surface area contributed by atoms with Crippen molar-refractivity contribution in [2.75, 3.05) is 7.11 Å². The van der Waals surface area contributed by atoms with E-state index in [2.05, 4.69) is 9.53 Å². The third-order valence-corrected chi connectivity index (χ3v) is 4.01.